The van der Waals surface area contributed by atoms with Crippen LogP contribution in [0.3, 0.4) is 0 Å². The van der Waals surface area contributed by atoms with Gasteiger partial charge in [-0.05, 0) is 13.8 Å². The molecule has 2 amide bonds. The van der Waals surface area contributed by atoms with Gasteiger partial charge in [0, 0.05) is 25.7 Å². The summed E-state index contributed by atoms with van der Waals surface area (Å²) in [6.45, 7) is 8.40. The van der Waals surface area contributed by atoms with Crippen LogP contribution < -0.4 is 10.9 Å². The fraction of sp³-hybridized carbons (Fsp3) is 0.667. The lowest BCUT2D eigenvalue weighted by Crippen LogP contribution is -2.49. The maximum atomic E-state index is 12.3. The molecule has 8 nitrogen and oxygen atoms in total. The summed E-state index contributed by atoms with van der Waals surface area (Å²) in [7, 11) is 0. The average Bonchev–Trinajstić information content (AvgIpc) is 2.97. The molecule has 0 radical (unpaired) electrons. The van der Waals surface area contributed by atoms with Crippen molar-refractivity contribution in [1.82, 2.24) is 25.1 Å². The van der Waals surface area contributed by atoms with Gasteiger partial charge in [-0.2, -0.15) is 0 Å². The summed E-state index contributed by atoms with van der Waals surface area (Å²) in [4.78, 5) is 35.2. The van der Waals surface area contributed by atoms with Crippen LogP contribution in [0.2, 0.25) is 0 Å². The minimum Gasteiger partial charge on any atom is -0.379 e. The van der Waals surface area contributed by atoms with Gasteiger partial charge in [0.15, 0.2) is 0 Å². The van der Waals surface area contributed by atoms with Gasteiger partial charge in [0.25, 0.3) is 5.56 Å². The standard InChI is InChI=1S/C15H23N5O3/c1-10(19-3-5-23-6-4-19)7-16-15(22)20-8-12-13(9-20)17-11(2)18-14(12)21/h10H,3-9H2,1-2H3,(H,16,22)(H,17,18,21)/t10-/m1/s1. The van der Waals surface area contributed by atoms with Crippen LogP contribution in [0.4, 0.5) is 4.79 Å². The molecule has 0 aromatic carbocycles. The monoisotopic (exact) mass is 321 g/mol. The van der Waals surface area contributed by atoms with E-state index in [9.17, 15) is 9.59 Å². The fourth-order valence-electron chi connectivity index (χ4n) is 3.03. The lowest BCUT2D eigenvalue weighted by atomic mass is 10.2. The highest BCUT2D eigenvalue weighted by Gasteiger charge is 2.27. The van der Waals surface area contributed by atoms with Crippen molar-refractivity contribution in [2.24, 2.45) is 0 Å². The average molecular weight is 321 g/mol. The Morgan fingerprint density at radius 3 is 2.87 bits per heavy atom. The van der Waals surface area contributed by atoms with E-state index < -0.39 is 0 Å². The number of H-pyrrole nitrogens is 1. The Hall–Kier alpha value is -1.93. The molecule has 1 fully saturated rings. The van der Waals surface area contributed by atoms with Crippen LogP contribution in [0.25, 0.3) is 0 Å². The lowest BCUT2D eigenvalue weighted by molar-refractivity contribution is 0.0206. The summed E-state index contributed by atoms with van der Waals surface area (Å²) >= 11 is 0. The number of ether oxygens (including phenoxy) is 1. The summed E-state index contributed by atoms with van der Waals surface area (Å²) in [5, 5.41) is 2.96. The van der Waals surface area contributed by atoms with E-state index in [0.717, 1.165) is 26.3 Å². The maximum absolute atomic E-state index is 12.3. The van der Waals surface area contributed by atoms with Crippen LogP contribution in [0.15, 0.2) is 4.79 Å². The molecule has 1 aromatic rings. The molecule has 3 rings (SSSR count). The molecule has 2 aliphatic rings. The molecule has 0 aliphatic carbocycles. The zero-order chi connectivity index (χ0) is 16.4. The number of urea groups is 1. The van der Waals surface area contributed by atoms with Crippen LogP contribution in [0.5, 0.6) is 0 Å². The first kappa shape index (κ1) is 15.9. The first-order valence-corrected chi connectivity index (χ1v) is 7.98. The van der Waals surface area contributed by atoms with E-state index in [4.69, 9.17) is 4.74 Å². The van der Waals surface area contributed by atoms with E-state index in [2.05, 4.69) is 27.1 Å². The Morgan fingerprint density at radius 2 is 2.13 bits per heavy atom. The number of hydrogen-bond donors (Lipinski definition) is 2. The van der Waals surface area contributed by atoms with E-state index in [0.29, 0.717) is 36.7 Å². The summed E-state index contributed by atoms with van der Waals surface area (Å²) < 4.78 is 5.34. The van der Waals surface area contributed by atoms with Crippen molar-refractivity contribution < 1.29 is 9.53 Å². The Balaban J connectivity index is 1.54. The van der Waals surface area contributed by atoms with Crippen LogP contribution in [0.1, 0.15) is 24.0 Å². The molecule has 1 atom stereocenters. The van der Waals surface area contributed by atoms with E-state index in [-0.39, 0.29) is 17.6 Å². The molecule has 1 saturated heterocycles. The second-order valence-electron chi connectivity index (χ2n) is 6.12. The van der Waals surface area contributed by atoms with Gasteiger partial charge >= 0.3 is 6.03 Å². The molecule has 8 heteroatoms. The molecule has 2 aliphatic heterocycles. The van der Waals surface area contributed by atoms with Gasteiger partial charge in [0.2, 0.25) is 0 Å². The zero-order valence-corrected chi connectivity index (χ0v) is 13.6. The summed E-state index contributed by atoms with van der Waals surface area (Å²) in [5.74, 6) is 0.581. The van der Waals surface area contributed by atoms with Crippen LogP contribution in [-0.4, -0.2) is 64.7 Å². The van der Waals surface area contributed by atoms with Gasteiger partial charge in [0.05, 0.1) is 37.6 Å². The van der Waals surface area contributed by atoms with E-state index in [1.54, 1.807) is 11.8 Å². The molecule has 0 bridgehead atoms. The third-order valence-electron chi connectivity index (χ3n) is 4.41. The van der Waals surface area contributed by atoms with Crippen molar-refractivity contribution in [3.05, 3.63) is 27.4 Å². The van der Waals surface area contributed by atoms with Gasteiger partial charge in [-0.1, -0.05) is 0 Å². The molecule has 126 valence electrons. The van der Waals surface area contributed by atoms with Crippen LogP contribution >= 0.6 is 0 Å². The van der Waals surface area contributed by atoms with Crippen molar-refractivity contribution in [3.8, 4) is 0 Å². The summed E-state index contributed by atoms with van der Waals surface area (Å²) in [5.41, 5.74) is 1.14. The molecular formula is C15H23N5O3. The predicted molar refractivity (Wildman–Crippen MR) is 84.1 cm³/mol. The van der Waals surface area contributed by atoms with Gasteiger partial charge < -0.3 is 19.9 Å². The van der Waals surface area contributed by atoms with Crippen molar-refractivity contribution in [2.75, 3.05) is 32.8 Å². The molecule has 3 heterocycles. The van der Waals surface area contributed by atoms with Crippen LogP contribution in [-0.2, 0) is 17.8 Å². The minimum absolute atomic E-state index is 0.149. The first-order valence-electron chi connectivity index (χ1n) is 7.98. The molecule has 23 heavy (non-hydrogen) atoms. The second kappa shape index (κ2) is 6.67. The number of carbonyl (C=O) groups is 1. The van der Waals surface area contributed by atoms with Crippen molar-refractivity contribution >= 4 is 6.03 Å². The highest BCUT2D eigenvalue weighted by molar-refractivity contribution is 5.74. The van der Waals surface area contributed by atoms with Gasteiger partial charge in [0.1, 0.15) is 5.82 Å². The number of aryl methyl sites for hydroxylation is 1. The minimum atomic E-state index is -0.153. The fourth-order valence-corrected chi connectivity index (χ4v) is 3.03. The third kappa shape index (κ3) is 3.53. The van der Waals surface area contributed by atoms with E-state index in [1.165, 1.54) is 0 Å². The molecule has 0 saturated carbocycles. The highest BCUT2D eigenvalue weighted by atomic mass is 16.5. The van der Waals surface area contributed by atoms with Crippen molar-refractivity contribution in [3.63, 3.8) is 0 Å². The Labute approximate surface area is 134 Å². The van der Waals surface area contributed by atoms with Gasteiger partial charge in [-0.3, -0.25) is 9.69 Å². The van der Waals surface area contributed by atoms with Crippen molar-refractivity contribution in [2.45, 2.75) is 33.0 Å². The number of nitrogens with one attached hydrogen (secondary N) is 2. The topological polar surface area (TPSA) is 90.6 Å². The molecule has 1 aromatic heterocycles. The second-order valence-corrected chi connectivity index (χ2v) is 6.12. The molecule has 0 unspecified atom stereocenters. The van der Waals surface area contributed by atoms with Crippen molar-refractivity contribution in [1.29, 1.82) is 0 Å². The number of morpholine rings is 1. The normalized spacial score (nSPS) is 19.5. The first-order chi connectivity index (χ1) is 11.0. The Morgan fingerprint density at radius 1 is 1.39 bits per heavy atom. The number of fused-ring (bicyclic) bond motifs is 1. The molecule has 0 spiro atoms. The largest absolute Gasteiger partial charge is 0.379 e. The lowest BCUT2D eigenvalue weighted by Gasteiger charge is -2.32. The number of rotatable bonds is 3. The number of aromatic amines is 1. The predicted octanol–water partition coefficient (Wildman–Crippen LogP) is -0.176. The molecular weight excluding hydrogens is 298 g/mol. The number of nitrogens with zero attached hydrogens (tertiary/aromatic N) is 3. The number of aromatic nitrogens is 2. The maximum Gasteiger partial charge on any atom is 0.318 e. The van der Waals surface area contributed by atoms with E-state index in [1.807, 2.05) is 0 Å². The Kier molecular flexibility index (Phi) is 4.63. The summed E-state index contributed by atoms with van der Waals surface area (Å²) in [6, 6.07) is 0.108. The van der Waals surface area contributed by atoms with E-state index >= 15 is 0 Å². The molecule has 2 N–H and O–H groups in total. The summed E-state index contributed by atoms with van der Waals surface area (Å²) in [6.07, 6.45) is 0. The van der Waals surface area contributed by atoms with Gasteiger partial charge in [-0.15, -0.1) is 0 Å². The quantitative estimate of drug-likeness (QED) is 0.806. The Bertz CT molecular complexity index is 638. The SMILES string of the molecule is Cc1nc2c(c(=O)[nH]1)CN(C(=O)NC[C@@H](C)N1CCOCC1)C2. The number of carbonyl (C=O) groups excluding carboxylic acids is 1. The number of hydrogen-bond acceptors (Lipinski definition) is 5. The van der Waals surface area contributed by atoms with Gasteiger partial charge in [-0.25, -0.2) is 9.78 Å². The highest BCUT2D eigenvalue weighted by Crippen LogP contribution is 2.17. The number of amides is 2. The third-order valence-corrected chi connectivity index (χ3v) is 4.41. The smallest absolute Gasteiger partial charge is 0.318 e. The van der Waals surface area contributed by atoms with Crippen LogP contribution in [0, 0.1) is 6.92 Å². The zero-order valence-electron chi connectivity index (χ0n) is 13.6.